The van der Waals surface area contributed by atoms with Crippen LogP contribution in [0.25, 0.3) is 0 Å². The molecule has 1 N–H and O–H groups in total. The first-order valence-electron chi connectivity index (χ1n) is 15.6. The predicted octanol–water partition coefficient (Wildman–Crippen LogP) is 6.05. The van der Waals surface area contributed by atoms with Crippen LogP contribution < -0.4 is 33.9 Å². The summed E-state index contributed by atoms with van der Waals surface area (Å²) in [4.78, 5) is 28.7. The van der Waals surface area contributed by atoms with Gasteiger partial charge in [-0.05, 0) is 62.4 Å². The van der Waals surface area contributed by atoms with Crippen molar-refractivity contribution in [3.8, 4) is 28.7 Å². The minimum atomic E-state index is -0.785. The molecule has 5 rings (SSSR count). The summed E-state index contributed by atoms with van der Waals surface area (Å²) in [6.07, 6.45) is 1.49. The number of carbonyl (C=O) groups is 1. The molecule has 48 heavy (non-hydrogen) atoms. The predicted molar refractivity (Wildman–Crippen MR) is 181 cm³/mol. The molecular weight excluding hydrogens is 619 g/mol. The summed E-state index contributed by atoms with van der Waals surface area (Å²) < 4.78 is 43.0. The van der Waals surface area contributed by atoms with Crippen molar-refractivity contribution in [2.75, 3.05) is 77.9 Å². The van der Waals surface area contributed by atoms with Gasteiger partial charge in [0, 0.05) is 62.8 Å². The van der Waals surface area contributed by atoms with Crippen LogP contribution in [0.1, 0.15) is 12.0 Å². The lowest BCUT2D eigenvalue weighted by Crippen LogP contribution is -2.44. The van der Waals surface area contributed by atoms with Gasteiger partial charge in [-0.3, -0.25) is 0 Å². The molecule has 3 aromatic carbocycles. The van der Waals surface area contributed by atoms with E-state index < -0.39 is 11.9 Å². The molecule has 1 amide bonds. The summed E-state index contributed by atoms with van der Waals surface area (Å²) >= 11 is 0. The van der Waals surface area contributed by atoms with Gasteiger partial charge in [0.25, 0.3) is 0 Å². The molecule has 254 valence electrons. The number of hydrogen-bond acceptors (Lipinski definition) is 11. The highest BCUT2D eigenvalue weighted by molar-refractivity contribution is 5.98. The zero-order valence-corrected chi connectivity index (χ0v) is 27.9. The molecule has 0 unspecified atom stereocenters. The van der Waals surface area contributed by atoms with E-state index in [4.69, 9.17) is 23.7 Å². The molecule has 1 fully saturated rings. The SMILES string of the molecule is COc1ccc(N(C(=O)Oc2cc(C)ccc2OC)c2ccnc(Nc3ccc(OCCCN4CCN(C)CC4)c(F)c3)n2)c(OC)c1. The minimum absolute atomic E-state index is 0.117. The zero-order valence-electron chi connectivity index (χ0n) is 27.9. The van der Waals surface area contributed by atoms with E-state index in [0.717, 1.165) is 44.7 Å². The Kier molecular flexibility index (Phi) is 11.5. The van der Waals surface area contributed by atoms with Gasteiger partial charge in [0.05, 0.1) is 33.6 Å². The number of nitrogens with zero attached hydrogens (tertiary/aromatic N) is 5. The first-order chi connectivity index (χ1) is 23.3. The van der Waals surface area contributed by atoms with E-state index in [2.05, 4.69) is 32.1 Å². The fourth-order valence-electron chi connectivity index (χ4n) is 5.19. The third kappa shape index (κ3) is 8.60. The van der Waals surface area contributed by atoms with E-state index in [1.807, 2.05) is 13.0 Å². The molecule has 12 nitrogen and oxygen atoms in total. The largest absolute Gasteiger partial charge is 0.497 e. The molecule has 0 saturated carbocycles. The zero-order chi connectivity index (χ0) is 34.0. The van der Waals surface area contributed by atoms with Crippen molar-refractivity contribution in [1.82, 2.24) is 19.8 Å². The van der Waals surface area contributed by atoms with Crippen LogP contribution in [-0.4, -0.2) is 93.6 Å². The van der Waals surface area contributed by atoms with Crippen molar-refractivity contribution in [2.24, 2.45) is 0 Å². The molecule has 0 radical (unpaired) electrons. The smallest absolute Gasteiger partial charge is 0.425 e. The van der Waals surface area contributed by atoms with Crippen LogP contribution in [0.2, 0.25) is 0 Å². The molecule has 0 bridgehead atoms. The highest BCUT2D eigenvalue weighted by atomic mass is 19.1. The number of piperazine rings is 1. The summed E-state index contributed by atoms with van der Waals surface area (Å²) in [6, 6.07) is 16.3. The van der Waals surface area contributed by atoms with Crippen LogP contribution in [0.5, 0.6) is 28.7 Å². The second-order valence-corrected chi connectivity index (χ2v) is 11.3. The number of amides is 1. The summed E-state index contributed by atoms with van der Waals surface area (Å²) in [5, 5.41) is 3.02. The van der Waals surface area contributed by atoms with Gasteiger partial charge < -0.3 is 38.8 Å². The third-order valence-electron chi connectivity index (χ3n) is 7.86. The number of aromatic nitrogens is 2. The molecule has 2 heterocycles. The van der Waals surface area contributed by atoms with Crippen LogP contribution in [0.15, 0.2) is 66.9 Å². The number of benzene rings is 3. The van der Waals surface area contributed by atoms with Gasteiger partial charge in [0.2, 0.25) is 5.95 Å². The van der Waals surface area contributed by atoms with E-state index in [9.17, 15) is 4.79 Å². The molecular formula is C35H41FN6O6. The number of methoxy groups -OCH3 is 3. The van der Waals surface area contributed by atoms with Crippen molar-refractivity contribution in [3.63, 3.8) is 0 Å². The summed E-state index contributed by atoms with van der Waals surface area (Å²) in [5.74, 6) is 1.39. The molecule has 1 aromatic heterocycles. The number of halogens is 1. The van der Waals surface area contributed by atoms with Crippen LogP contribution in [0, 0.1) is 12.7 Å². The maximum absolute atomic E-state index is 15.0. The van der Waals surface area contributed by atoms with Crippen molar-refractivity contribution >= 4 is 29.2 Å². The highest BCUT2D eigenvalue weighted by Gasteiger charge is 2.27. The Bertz CT molecular complexity index is 1700. The van der Waals surface area contributed by atoms with E-state index in [1.165, 1.54) is 38.5 Å². The molecule has 1 aliphatic heterocycles. The number of hydrogen-bond donors (Lipinski definition) is 1. The topological polar surface area (TPSA) is 111 Å². The molecule has 0 spiro atoms. The van der Waals surface area contributed by atoms with Gasteiger partial charge in [0.15, 0.2) is 23.1 Å². The van der Waals surface area contributed by atoms with Crippen LogP contribution in [-0.2, 0) is 0 Å². The third-order valence-corrected chi connectivity index (χ3v) is 7.86. The van der Waals surface area contributed by atoms with Crippen molar-refractivity contribution in [1.29, 1.82) is 0 Å². The van der Waals surface area contributed by atoms with Gasteiger partial charge in [-0.15, -0.1) is 0 Å². The van der Waals surface area contributed by atoms with Crippen molar-refractivity contribution < 1.29 is 32.9 Å². The Labute approximate surface area is 280 Å². The molecule has 4 aromatic rings. The maximum Gasteiger partial charge on any atom is 0.425 e. The van der Waals surface area contributed by atoms with E-state index in [-0.39, 0.29) is 23.3 Å². The molecule has 1 aliphatic rings. The number of ether oxygens (including phenoxy) is 5. The first-order valence-corrected chi connectivity index (χ1v) is 15.6. The Hall–Kier alpha value is -5.14. The fourth-order valence-corrected chi connectivity index (χ4v) is 5.19. The lowest BCUT2D eigenvalue weighted by molar-refractivity contribution is 0.145. The quantitative estimate of drug-likeness (QED) is 0.169. The van der Waals surface area contributed by atoms with Crippen molar-refractivity contribution in [3.05, 3.63) is 78.2 Å². The van der Waals surface area contributed by atoms with Crippen LogP contribution in [0.4, 0.5) is 32.3 Å². The lowest BCUT2D eigenvalue weighted by Gasteiger charge is -2.32. The Morgan fingerprint density at radius 3 is 2.40 bits per heavy atom. The summed E-state index contributed by atoms with van der Waals surface area (Å²) in [5.41, 5.74) is 1.60. The average Bonchev–Trinajstić information content (AvgIpc) is 3.09. The molecule has 1 saturated heterocycles. The van der Waals surface area contributed by atoms with Gasteiger partial charge in [-0.2, -0.15) is 4.98 Å². The number of carbonyl (C=O) groups excluding carboxylic acids is 1. The lowest BCUT2D eigenvalue weighted by atomic mass is 10.2. The molecule has 13 heteroatoms. The standard InChI is InChI=1S/C35H41FN6O6/c1-24-7-11-30(45-4)32(21-24)48-35(43)42(28-10-9-26(44-3)23-31(28)46-5)33-13-14-37-34(39-33)38-25-8-12-29(27(36)22-25)47-20-6-15-41-18-16-40(2)17-19-41/h7-14,21-23H,6,15-20H2,1-5H3,(H,37,38,39). The second kappa shape index (κ2) is 16.1. The van der Waals surface area contributed by atoms with Crippen LogP contribution >= 0.6 is 0 Å². The normalized spacial score (nSPS) is 13.5. The number of anilines is 4. The minimum Gasteiger partial charge on any atom is -0.497 e. The Balaban J connectivity index is 1.34. The molecule has 0 atom stereocenters. The van der Waals surface area contributed by atoms with Crippen molar-refractivity contribution in [2.45, 2.75) is 13.3 Å². The van der Waals surface area contributed by atoms with Gasteiger partial charge in [-0.25, -0.2) is 19.1 Å². The second-order valence-electron chi connectivity index (χ2n) is 11.3. The molecule has 0 aliphatic carbocycles. The van der Waals surface area contributed by atoms with Gasteiger partial charge >= 0.3 is 6.09 Å². The van der Waals surface area contributed by atoms with Gasteiger partial charge in [-0.1, -0.05) is 6.07 Å². The summed E-state index contributed by atoms with van der Waals surface area (Å²) in [7, 11) is 6.63. The van der Waals surface area contributed by atoms with Gasteiger partial charge in [0.1, 0.15) is 17.3 Å². The highest BCUT2D eigenvalue weighted by Crippen LogP contribution is 2.38. The monoisotopic (exact) mass is 660 g/mol. The number of rotatable bonds is 13. The Morgan fingerprint density at radius 1 is 0.896 bits per heavy atom. The van der Waals surface area contributed by atoms with E-state index >= 15 is 4.39 Å². The number of likely N-dealkylation sites (N-methyl/N-ethyl adjacent to an activating group) is 1. The summed E-state index contributed by atoms with van der Waals surface area (Å²) in [6.45, 7) is 7.37. The van der Waals surface area contributed by atoms with E-state index in [1.54, 1.807) is 48.5 Å². The number of nitrogens with one attached hydrogen (secondary N) is 1. The first kappa shape index (κ1) is 34.2. The van der Waals surface area contributed by atoms with Crippen LogP contribution in [0.3, 0.4) is 0 Å². The maximum atomic E-state index is 15.0. The number of aryl methyl sites for hydroxylation is 1. The average molecular weight is 661 g/mol. The Morgan fingerprint density at radius 2 is 1.67 bits per heavy atom. The van der Waals surface area contributed by atoms with E-state index in [0.29, 0.717) is 35.2 Å². The fraction of sp³-hybridized carbons (Fsp3) is 0.343.